The second kappa shape index (κ2) is 13.0. The second-order valence-electron chi connectivity index (χ2n) is 8.07. The smallest absolute Gasteiger partial charge is 0.301 e. The van der Waals surface area contributed by atoms with Gasteiger partial charge < -0.3 is 11.5 Å². The highest BCUT2D eigenvalue weighted by Gasteiger charge is 2.24. The van der Waals surface area contributed by atoms with Crippen molar-refractivity contribution in [2.75, 3.05) is 23.8 Å². The van der Waals surface area contributed by atoms with Gasteiger partial charge in [0.2, 0.25) is 0 Å². The third kappa shape index (κ3) is 8.43. The van der Waals surface area contributed by atoms with Gasteiger partial charge in [0.25, 0.3) is 20.2 Å². The SMILES string of the molecule is N#Cc1cccc(N=Nc2c(N)c(N=Nc3ccc(S(=O)(=O)CCOS(=O)O)cc3S(=O)(=O)O)cc(S(=O)(=O)O)c2N)c1. The lowest BCUT2D eigenvalue weighted by Crippen LogP contribution is -2.14. The molecule has 0 saturated carbocycles. The topological polar surface area (TPSA) is 315 Å². The molecule has 18 nitrogen and oxygen atoms in total. The third-order valence-electron chi connectivity index (χ3n) is 5.21. The van der Waals surface area contributed by atoms with Crippen molar-refractivity contribution in [2.45, 2.75) is 14.7 Å². The first kappa shape index (κ1) is 33.3. The van der Waals surface area contributed by atoms with Gasteiger partial charge in [0.05, 0.1) is 46.0 Å². The van der Waals surface area contributed by atoms with Crippen molar-refractivity contribution in [3.8, 4) is 6.07 Å². The van der Waals surface area contributed by atoms with E-state index in [2.05, 4.69) is 24.6 Å². The van der Waals surface area contributed by atoms with Gasteiger partial charge in [-0.05, 0) is 42.5 Å². The normalized spacial score (nSPS) is 13.3. The summed E-state index contributed by atoms with van der Waals surface area (Å²) in [6.45, 7) is -0.718. The summed E-state index contributed by atoms with van der Waals surface area (Å²) in [5.74, 6) is -0.830. The Hall–Kier alpha value is -4.21. The Morgan fingerprint density at radius 1 is 0.837 bits per heavy atom. The van der Waals surface area contributed by atoms with Crippen LogP contribution in [0, 0.1) is 11.3 Å². The Labute approximate surface area is 246 Å². The molecule has 0 saturated heterocycles. The predicted molar refractivity (Wildman–Crippen MR) is 150 cm³/mol. The molecule has 0 radical (unpaired) electrons. The van der Waals surface area contributed by atoms with Crippen molar-refractivity contribution in [3.63, 3.8) is 0 Å². The molecule has 0 aromatic heterocycles. The minimum Gasteiger partial charge on any atom is -0.396 e. The van der Waals surface area contributed by atoms with Gasteiger partial charge >= 0.3 is 11.4 Å². The van der Waals surface area contributed by atoms with Gasteiger partial charge in [-0.3, -0.25) is 17.8 Å². The summed E-state index contributed by atoms with van der Waals surface area (Å²) < 4.78 is 116. The van der Waals surface area contributed by atoms with Crippen LogP contribution in [0.5, 0.6) is 0 Å². The second-order valence-corrected chi connectivity index (χ2v) is 13.6. The van der Waals surface area contributed by atoms with Crippen molar-refractivity contribution in [1.82, 2.24) is 0 Å². The zero-order valence-corrected chi connectivity index (χ0v) is 24.4. The molecule has 3 aromatic carbocycles. The van der Waals surface area contributed by atoms with Crippen molar-refractivity contribution in [2.24, 2.45) is 20.5 Å². The zero-order valence-electron chi connectivity index (χ0n) is 21.2. The van der Waals surface area contributed by atoms with Crippen LogP contribution in [0.2, 0.25) is 0 Å². The lowest BCUT2D eigenvalue weighted by molar-refractivity contribution is 0.326. The standard InChI is InChI=1S/C21H19N7O11S4/c22-11-12-2-1-3-13(8-12)25-28-21-19(23)16(10-18(20(21)24)43(36,37)38)27-26-15-5-4-14(9-17(15)42(33,34)35)41(31,32)7-6-39-40(29)30/h1-5,8-10H,6-7,23-24H2,(H,29,30)(H,33,34,35)(H,36,37,38). The molecule has 0 aliphatic rings. The summed E-state index contributed by atoms with van der Waals surface area (Å²) in [6, 6.07) is 10.6. The van der Waals surface area contributed by atoms with Gasteiger partial charge in [0, 0.05) is 0 Å². The summed E-state index contributed by atoms with van der Waals surface area (Å²) in [5.41, 5.74) is 9.53. The van der Waals surface area contributed by atoms with E-state index in [1.165, 1.54) is 24.3 Å². The number of sulfone groups is 1. The van der Waals surface area contributed by atoms with Crippen LogP contribution in [-0.2, 0) is 45.6 Å². The van der Waals surface area contributed by atoms with Crippen LogP contribution in [0.3, 0.4) is 0 Å². The fourth-order valence-electron chi connectivity index (χ4n) is 3.23. The molecule has 1 unspecified atom stereocenters. The summed E-state index contributed by atoms with van der Waals surface area (Å²) >= 11 is -2.75. The minimum atomic E-state index is -5.14. The van der Waals surface area contributed by atoms with Crippen LogP contribution in [0.25, 0.3) is 0 Å². The van der Waals surface area contributed by atoms with E-state index in [0.29, 0.717) is 12.1 Å². The highest BCUT2D eigenvalue weighted by molar-refractivity contribution is 7.91. The van der Waals surface area contributed by atoms with Crippen LogP contribution in [0.1, 0.15) is 5.56 Å². The predicted octanol–water partition coefficient (Wildman–Crippen LogP) is 2.97. The molecular weight excluding hydrogens is 655 g/mol. The highest BCUT2D eigenvalue weighted by Crippen LogP contribution is 2.43. The first-order valence-corrected chi connectivity index (χ1v) is 16.6. The Morgan fingerprint density at radius 2 is 1.49 bits per heavy atom. The number of nitriles is 1. The molecule has 43 heavy (non-hydrogen) atoms. The van der Waals surface area contributed by atoms with Crippen molar-refractivity contribution >= 4 is 75.6 Å². The van der Waals surface area contributed by atoms with E-state index < -0.39 is 96.9 Å². The highest BCUT2D eigenvalue weighted by atomic mass is 32.2. The Kier molecular flexibility index (Phi) is 10.0. The van der Waals surface area contributed by atoms with Crippen LogP contribution in [0.4, 0.5) is 34.1 Å². The summed E-state index contributed by atoms with van der Waals surface area (Å²) in [7, 11) is -14.4. The molecule has 0 aliphatic carbocycles. The van der Waals surface area contributed by atoms with E-state index in [4.69, 9.17) is 21.3 Å². The van der Waals surface area contributed by atoms with Crippen LogP contribution >= 0.6 is 0 Å². The largest absolute Gasteiger partial charge is 0.396 e. The quantitative estimate of drug-likeness (QED) is 0.0845. The lowest BCUT2D eigenvalue weighted by atomic mass is 10.2. The molecule has 228 valence electrons. The molecule has 3 aromatic rings. The number of nitrogens with two attached hydrogens (primary N) is 2. The fourth-order valence-corrected chi connectivity index (χ4v) is 6.03. The van der Waals surface area contributed by atoms with E-state index >= 15 is 0 Å². The maximum atomic E-state index is 12.5. The Morgan fingerprint density at radius 3 is 2.09 bits per heavy atom. The maximum Gasteiger partial charge on any atom is 0.301 e. The lowest BCUT2D eigenvalue weighted by Gasteiger charge is -2.11. The van der Waals surface area contributed by atoms with Gasteiger partial charge in [0.1, 0.15) is 26.9 Å². The maximum absolute atomic E-state index is 12.5. The van der Waals surface area contributed by atoms with E-state index in [0.717, 1.165) is 12.1 Å². The number of nitrogen functional groups attached to an aromatic ring is 2. The van der Waals surface area contributed by atoms with E-state index in [1.54, 1.807) is 0 Å². The van der Waals surface area contributed by atoms with Gasteiger partial charge in [-0.1, -0.05) is 6.07 Å². The van der Waals surface area contributed by atoms with Crippen molar-refractivity contribution in [1.29, 1.82) is 5.26 Å². The number of hydrogen-bond donors (Lipinski definition) is 5. The Bertz CT molecular complexity index is 2040. The summed E-state index contributed by atoms with van der Waals surface area (Å²) in [4.78, 5) is -2.58. The average molecular weight is 674 g/mol. The molecule has 0 bridgehead atoms. The van der Waals surface area contributed by atoms with Gasteiger partial charge in [-0.25, -0.2) is 8.42 Å². The molecule has 0 spiro atoms. The van der Waals surface area contributed by atoms with Crippen LogP contribution < -0.4 is 11.5 Å². The minimum absolute atomic E-state index is 0.141. The number of benzene rings is 3. The molecule has 3 rings (SSSR count). The molecule has 1 atom stereocenters. The number of nitrogens with zero attached hydrogens (tertiary/aromatic N) is 5. The molecule has 0 heterocycles. The third-order valence-corrected chi connectivity index (χ3v) is 9.03. The van der Waals surface area contributed by atoms with E-state index in [9.17, 15) is 38.6 Å². The zero-order chi connectivity index (χ0) is 32.2. The van der Waals surface area contributed by atoms with E-state index in [-0.39, 0.29) is 11.3 Å². The van der Waals surface area contributed by atoms with Crippen LogP contribution in [-0.4, -0.2) is 55.5 Å². The monoisotopic (exact) mass is 673 g/mol. The number of azo groups is 2. The van der Waals surface area contributed by atoms with Gasteiger partial charge in [0.15, 0.2) is 9.84 Å². The average Bonchev–Trinajstić information content (AvgIpc) is 2.91. The van der Waals surface area contributed by atoms with Gasteiger partial charge in [-0.2, -0.15) is 31.4 Å². The Balaban J connectivity index is 2.13. The number of anilines is 2. The molecule has 7 N–H and O–H groups in total. The first-order chi connectivity index (χ1) is 19.9. The number of hydrogen-bond acceptors (Lipinski definition) is 15. The summed E-state index contributed by atoms with van der Waals surface area (Å²) in [5, 5.41) is 24.0. The number of rotatable bonds is 11. The molecule has 22 heteroatoms. The van der Waals surface area contributed by atoms with Crippen LogP contribution in [0.15, 0.2) is 83.7 Å². The molecular formula is C21H19N7O11S4. The van der Waals surface area contributed by atoms with Crippen molar-refractivity contribution < 1.29 is 47.3 Å². The first-order valence-electron chi connectivity index (χ1n) is 11.1. The van der Waals surface area contributed by atoms with Crippen molar-refractivity contribution in [3.05, 3.63) is 54.1 Å². The molecule has 0 fully saturated rings. The molecule has 0 amide bonds. The summed E-state index contributed by atoms with van der Waals surface area (Å²) in [6.07, 6.45) is 0. The fraction of sp³-hybridized carbons (Fsp3) is 0.0952. The van der Waals surface area contributed by atoms with Gasteiger partial charge in [-0.15, -0.1) is 15.3 Å². The van der Waals surface area contributed by atoms with E-state index in [1.807, 2.05) is 6.07 Å². The molecule has 0 aliphatic heterocycles.